The molecule has 1 aromatic heterocycles. The van der Waals surface area contributed by atoms with Crippen LogP contribution in [0.4, 0.5) is 0 Å². The third-order valence-electron chi connectivity index (χ3n) is 4.84. The van der Waals surface area contributed by atoms with Gasteiger partial charge in [0.25, 0.3) is 0 Å². The van der Waals surface area contributed by atoms with Gasteiger partial charge in [0.05, 0.1) is 6.61 Å². The van der Waals surface area contributed by atoms with Crippen molar-refractivity contribution in [2.24, 2.45) is 0 Å². The summed E-state index contributed by atoms with van der Waals surface area (Å²) < 4.78 is 5.76. The van der Waals surface area contributed by atoms with Crippen molar-refractivity contribution in [3.05, 3.63) is 54.4 Å². The molecule has 0 aliphatic rings. The van der Waals surface area contributed by atoms with E-state index in [1.807, 2.05) is 36.7 Å². The third-order valence-corrected chi connectivity index (χ3v) is 4.84. The van der Waals surface area contributed by atoms with E-state index in [2.05, 4.69) is 36.0 Å². The van der Waals surface area contributed by atoms with Gasteiger partial charge in [0, 0.05) is 18.0 Å². The maximum atomic E-state index is 5.76. The first kappa shape index (κ1) is 22.1. The average molecular weight is 381 g/mol. The van der Waals surface area contributed by atoms with Gasteiger partial charge >= 0.3 is 0 Å². The Labute approximate surface area is 171 Å². The van der Waals surface area contributed by atoms with Gasteiger partial charge in [-0.25, -0.2) is 9.97 Å². The van der Waals surface area contributed by atoms with E-state index in [4.69, 9.17) is 4.74 Å². The van der Waals surface area contributed by atoms with Gasteiger partial charge in [0.15, 0.2) is 5.82 Å². The van der Waals surface area contributed by atoms with E-state index in [0.29, 0.717) is 6.61 Å². The van der Waals surface area contributed by atoms with E-state index in [1.54, 1.807) is 0 Å². The van der Waals surface area contributed by atoms with Crippen LogP contribution in [0, 0.1) is 0 Å². The predicted octanol–water partition coefficient (Wildman–Crippen LogP) is 7.17. The minimum absolute atomic E-state index is 0.708. The Morgan fingerprint density at radius 3 is 2.18 bits per heavy atom. The Kier molecular flexibility index (Phi) is 11.0. The monoisotopic (exact) mass is 380 g/mol. The number of benzene rings is 1. The van der Waals surface area contributed by atoms with Gasteiger partial charge in [0.2, 0.25) is 0 Å². The van der Waals surface area contributed by atoms with Crippen molar-refractivity contribution in [1.82, 2.24) is 9.97 Å². The second-order valence-electron chi connectivity index (χ2n) is 7.33. The Hall–Kier alpha value is -2.16. The van der Waals surface area contributed by atoms with Crippen molar-refractivity contribution in [2.45, 2.75) is 78.1 Å². The molecule has 0 saturated carbocycles. The summed E-state index contributed by atoms with van der Waals surface area (Å²) in [6.07, 6.45) is 20.7. The summed E-state index contributed by atoms with van der Waals surface area (Å²) in [5.74, 6) is 1.67. The molecule has 0 spiro atoms. The maximum Gasteiger partial charge on any atom is 0.159 e. The summed E-state index contributed by atoms with van der Waals surface area (Å²) in [6, 6.07) is 8.05. The van der Waals surface area contributed by atoms with Crippen molar-refractivity contribution in [2.75, 3.05) is 6.61 Å². The number of unbranched alkanes of at least 4 members (excludes halogenated alkanes) is 6. The molecule has 152 valence electrons. The Balaban J connectivity index is 1.72. The van der Waals surface area contributed by atoms with Crippen LogP contribution in [0.15, 0.2) is 48.8 Å². The predicted molar refractivity (Wildman–Crippen MR) is 119 cm³/mol. The van der Waals surface area contributed by atoms with Crippen LogP contribution in [0.2, 0.25) is 0 Å². The molecular weight excluding hydrogens is 344 g/mol. The lowest BCUT2D eigenvalue weighted by atomic mass is 10.1. The number of rotatable bonds is 14. The lowest BCUT2D eigenvalue weighted by Crippen LogP contribution is -1.96. The van der Waals surface area contributed by atoms with Crippen molar-refractivity contribution >= 4 is 0 Å². The number of aryl methyl sites for hydroxylation is 1. The first-order valence-corrected chi connectivity index (χ1v) is 11.0. The molecule has 0 radical (unpaired) electrons. The van der Waals surface area contributed by atoms with Crippen molar-refractivity contribution < 1.29 is 4.74 Å². The molecule has 2 rings (SSSR count). The van der Waals surface area contributed by atoms with Crippen LogP contribution < -0.4 is 4.74 Å². The number of hydrogen-bond donors (Lipinski definition) is 0. The molecular formula is C25H36N2O. The quantitative estimate of drug-likeness (QED) is 0.257. The van der Waals surface area contributed by atoms with Gasteiger partial charge in [-0.1, -0.05) is 64.5 Å². The van der Waals surface area contributed by atoms with E-state index in [9.17, 15) is 0 Å². The van der Waals surface area contributed by atoms with Crippen molar-refractivity contribution in [1.29, 1.82) is 0 Å². The fraction of sp³-hybridized carbons (Fsp3) is 0.520. The molecule has 0 bridgehead atoms. The van der Waals surface area contributed by atoms with Gasteiger partial charge in [-0.2, -0.15) is 0 Å². The number of allylic oxidation sites excluding steroid dienone is 1. The molecule has 0 N–H and O–H groups in total. The number of aromatic nitrogens is 2. The molecule has 0 saturated heterocycles. The molecule has 0 aliphatic heterocycles. The number of hydrogen-bond acceptors (Lipinski definition) is 3. The second-order valence-corrected chi connectivity index (χ2v) is 7.33. The summed E-state index contributed by atoms with van der Waals surface area (Å²) >= 11 is 0. The van der Waals surface area contributed by atoms with Gasteiger partial charge in [-0.15, -0.1) is 0 Å². The van der Waals surface area contributed by atoms with Crippen LogP contribution in [-0.2, 0) is 6.42 Å². The molecule has 3 nitrogen and oxygen atoms in total. The molecule has 0 unspecified atom stereocenters. The van der Waals surface area contributed by atoms with Gasteiger partial charge in [-0.05, 0) is 55.5 Å². The molecule has 0 amide bonds. The van der Waals surface area contributed by atoms with Crippen LogP contribution in [0.5, 0.6) is 5.75 Å². The first-order chi connectivity index (χ1) is 13.8. The van der Waals surface area contributed by atoms with Crippen LogP contribution in [0.1, 0.15) is 77.2 Å². The minimum Gasteiger partial charge on any atom is -0.493 e. The SMILES string of the molecule is CCC=CCCOc1ccc(-c2ncc(CCCCCCCCC)cn2)cc1. The number of nitrogens with zero attached hydrogens (tertiary/aromatic N) is 2. The highest BCUT2D eigenvalue weighted by Crippen LogP contribution is 2.20. The normalized spacial score (nSPS) is 11.2. The van der Waals surface area contributed by atoms with Crippen LogP contribution >= 0.6 is 0 Å². The van der Waals surface area contributed by atoms with Gasteiger partial charge < -0.3 is 4.74 Å². The highest BCUT2D eigenvalue weighted by atomic mass is 16.5. The smallest absolute Gasteiger partial charge is 0.159 e. The molecule has 0 aliphatic carbocycles. The van der Waals surface area contributed by atoms with E-state index >= 15 is 0 Å². The summed E-state index contributed by atoms with van der Waals surface area (Å²) in [5, 5.41) is 0. The fourth-order valence-electron chi connectivity index (χ4n) is 3.15. The standard InChI is InChI=1S/C25H36N2O/c1-3-5-7-9-10-11-12-14-22-20-26-25(27-21-22)23-15-17-24(18-16-23)28-19-13-8-6-4-2/h6,8,15-18,20-21H,3-5,7,9-14,19H2,1-2H3. The van der Waals surface area contributed by atoms with E-state index in [-0.39, 0.29) is 0 Å². The van der Waals surface area contributed by atoms with Gasteiger partial charge in [-0.3, -0.25) is 0 Å². The second kappa shape index (κ2) is 13.9. The van der Waals surface area contributed by atoms with Crippen molar-refractivity contribution in [3.8, 4) is 17.1 Å². The van der Waals surface area contributed by atoms with E-state index in [1.165, 1.54) is 50.5 Å². The van der Waals surface area contributed by atoms with E-state index < -0.39 is 0 Å². The zero-order valence-electron chi connectivity index (χ0n) is 17.7. The average Bonchev–Trinajstić information content (AvgIpc) is 2.74. The fourth-order valence-corrected chi connectivity index (χ4v) is 3.15. The Morgan fingerprint density at radius 1 is 0.821 bits per heavy atom. The Bertz CT molecular complexity index is 662. The van der Waals surface area contributed by atoms with Crippen LogP contribution in [0.25, 0.3) is 11.4 Å². The van der Waals surface area contributed by atoms with Crippen LogP contribution in [0.3, 0.4) is 0 Å². The maximum absolute atomic E-state index is 5.76. The topological polar surface area (TPSA) is 35.0 Å². The lowest BCUT2D eigenvalue weighted by Gasteiger charge is -2.06. The largest absolute Gasteiger partial charge is 0.493 e. The Morgan fingerprint density at radius 2 is 1.50 bits per heavy atom. The van der Waals surface area contributed by atoms with Crippen LogP contribution in [-0.4, -0.2) is 16.6 Å². The summed E-state index contributed by atoms with van der Waals surface area (Å²) in [6.45, 7) is 5.11. The van der Waals surface area contributed by atoms with Crippen molar-refractivity contribution in [3.63, 3.8) is 0 Å². The summed E-state index contributed by atoms with van der Waals surface area (Å²) in [4.78, 5) is 9.11. The van der Waals surface area contributed by atoms with E-state index in [0.717, 1.165) is 36.4 Å². The molecule has 2 aromatic rings. The number of ether oxygens (including phenoxy) is 1. The molecule has 0 fully saturated rings. The van der Waals surface area contributed by atoms with Gasteiger partial charge in [0.1, 0.15) is 5.75 Å². The highest BCUT2D eigenvalue weighted by molar-refractivity contribution is 5.55. The first-order valence-electron chi connectivity index (χ1n) is 11.0. The summed E-state index contributed by atoms with van der Waals surface area (Å²) in [5.41, 5.74) is 2.26. The minimum atomic E-state index is 0.708. The third kappa shape index (κ3) is 8.69. The molecule has 3 heteroatoms. The molecule has 28 heavy (non-hydrogen) atoms. The molecule has 1 heterocycles. The molecule has 1 aromatic carbocycles. The zero-order chi connectivity index (χ0) is 19.9. The highest BCUT2D eigenvalue weighted by Gasteiger charge is 2.03. The lowest BCUT2D eigenvalue weighted by molar-refractivity contribution is 0.325. The summed E-state index contributed by atoms with van der Waals surface area (Å²) in [7, 11) is 0. The molecule has 0 atom stereocenters. The zero-order valence-corrected chi connectivity index (χ0v) is 17.7.